The molecule has 24 heavy (non-hydrogen) atoms. The fourth-order valence-corrected chi connectivity index (χ4v) is 3.28. The van der Waals surface area contributed by atoms with Crippen LogP contribution in [0.2, 0.25) is 0 Å². The SMILES string of the molecule is O=C(NCCS)C1CCN(C(=O)c2ccc3ccccc3c2)CC1. The third-order valence-corrected chi connectivity index (χ3v) is 4.78. The zero-order valence-corrected chi connectivity index (χ0v) is 14.5. The Morgan fingerprint density at radius 2 is 1.79 bits per heavy atom. The highest BCUT2D eigenvalue weighted by Gasteiger charge is 2.27. The number of thiol groups is 1. The van der Waals surface area contributed by atoms with Crippen molar-refractivity contribution in [3.8, 4) is 0 Å². The zero-order valence-electron chi connectivity index (χ0n) is 13.6. The van der Waals surface area contributed by atoms with Crippen LogP contribution in [-0.2, 0) is 4.79 Å². The second-order valence-corrected chi connectivity index (χ2v) is 6.59. The van der Waals surface area contributed by atoms with Gasteiger partial charge < -0.3 is 10.2 Å². The Labute approximate surface area is 147 Å². The van der Waals surface area contributed by atoms with Gasteiger partial charge in [-0.1, -0.05) is 30.3 Å². The molecule has 3 rings (SSSR count). The number of carbonyl (C=O) groups is 2. The molecule has 2 amide bonds. The zero-order chi connectivity index (χ0) is 16.9. The van der Waals surface area contributed by atoms with Crippen LogP contribution in [0.4, 0.5) is 0 Å². The van der Waals surface area contributed by atoms with Crippen LogP contribution < -0.4 is 5.32 Å². The van der Waals surface area contributed by atoms with E-state index < -0.39 is 0 Å². The molecule has 1 saturated heterocycles. The maximum Gasteiger partial charge on any atom is 0.253 e. The fraction of sp³-hybridized carbons (Fsp3) is 0.368. The van der Waals surface area contributed by atoms with Crippen molar-refractivity contribution in [3.63, 3.8) is 0 Å². The Bertz CT molecular complexity index is 739. The van der Waals surface area contributed by atoms with E-state index in [9.17, 15) is 9.59 Å². The molecule has 0 radical (unpaired) electrons. The number of benzene rings is 2. The first kappa shape index (κ1) is 16.8. The summed E-state index contributed by atoms with van der Waals surface area (Å²) in [5, 5.41) is 5.09. The van der Waals surface area contributed by atoms with Crippen molar-refractivity contribution >= 4 is 35.2 Å². The Balaban J connectivity index is 1.63. The van der Waals surface area contributed by atoms with Crippen LogP contribution in [0.3, 0.4) is 0 Å². The summed E-state index contributed by atoms with van der Waals surface area (Å²) in [5.41, 5.74) is 0.715. The van der Waals surface area contributed by atoms with Gasteiger partial charge in [-0.25, -0.2) is 0 Å². The second kappa shape index (κ2) is 7.71. The number of hydrogen-bond donors (Lipinski definition) is 2. The molecular weight excluding hydrogens is 320 g/mol. The van der Waals surface area contributed by atoms with Gasteiger partial charge in [-0.15, -0.1) is 0 Å². The molecular formula is C19H22N2O2S. The van der Waals surface area contributed by atoms with Crippen molar-refractivity contribution in [2.75, 3.05) is 25.4 Å². The molecule has 126 valence electrons. The van der Waals surface area contributed by atoms with Crippen LogP contribution in [0.5, 0.6) is 0 Å². The summed E-state index contributed by atoms with van der Waals surface area (Å²) < 4.78 is 0. The minimum atomic E-state index is 0.00513. The molecule has 4 nitrogen and oxygen atoms in total. The van der Waals surface area contributed by atoms with E-state index in [0.717, 1.165) is 23.6 Å². The molecule has 1 aliphatic heterocycles. The van der Waals surface area contributed by atoms with Crippen molar-refractivity contribution in [1.82, 2.24) is 10.2 Å². The average Bonchev–Trinajstić information content (AvgIpc) is 2.65. The van der Waals surface area contributed by atoms with Crippen molar-refractivity contribution in [2.45, 2.75) is 12.8 Å². The van der Waals surface area contributed by atoms with Gasteiger partial charge in [-0.05, 0) is 35.7 Å². The van der Waals surface area contributed by atoms with E-state index in [1.54, 1.807) is 0 Å². The second-order valence-electron chi connectivity index (χ2n) is 6.14. The lowest BCUT2D eigenvalue weighted by Crippen LogP contribution is -2.43. The summed E-state index contributed by atoms with van der Waals surface area (Å²) in [5.74, 6) is 0.785. The average molecular weight is 342 g/mol. The molecule has 0 spiro atoms. The van der Waals surface area contributed by atoms with Crippen molar-refractivity contribution in [1.29, 1.82) is 0 Å². The van der Waals surface area contributed by atoms with Crippen LogP contribution in [0.25, 0.3) is 10.8 Å². The molecule has 0 aliphatic carbocycles. The molecule has 0 atom stereocenters. The summed E-state index contributed by atoms with van der Waals surface area (Å²) in [7, 11) is 0. The Morgan fingerprint density at radius 1 is 1.08 bits per heavy atom. The number of nitrogens with zero attached hydrogens (tertiary/aromatic N) is 1. The third kappa shape index (κ3) is 3.73. The smallest absolute Gasteiger partial charge is 0.253 e. The molecule has 2 aromatic rings. The van der Waals surface area contributed by atoms with Gasteiger partial charge in [-0.3, -0.25) is 9.59 Å². The van der Waals surface area contributed by atoms with Crippen LogP contribution in [0, 0.1) is 5.92 Å². The summed E-state index contributed by atoms with van der Waals surface area (Å²) in [6.07, 6.45) is 1.44. The highest BCUT2D eigenvalue weighted by Crippen LogP contribution is 2.21. The van der Waals surface area contributed by atoms with Gasteiger partial charge in [0.25, 0.3) is 5.91 Å². The summed E-state index contributed by atoms with van der Waals surface area (Å²) >= 11 is 4.10. The molecule has 0 aromatic heterocycles. The van der Waals surface area contributed by atoms with Gasteiger partial charge in [-0.2, -0.15) is 12.6 Å². The van der Waals surface area contributed by atoms with E-state index in [0.29, 0.717) is 31.0 Å². The van der Waals surface area contributed by atoms with Crippen LogP contribution in [0.1, 0.15) is 23.2 Å². The van der Waals surface area contributed by atoms with Gasteiger partial charge in [0.15, 0.2) is 0 Å². The Morgan fingerprint density at radius 3 is 2.50 bits per heavy atom. The van der Waals surface area contributed by atoms with Crippen molar-refractivity contribution in [3.05, 3.63) is 48.0 Å². The largest absolute Gasteiger partial charge is 0.355 e. The molecule has 1 heterocycles. The van der Waals surface area contributed by atoms with Crippen LogP contribution in [-0.4, -0.2) is 42.1 Å². The number of likely N-dealkylation sites (tertiary alicyclic amines) is 1. The summed E-state index contributed by atoms with van der Waals surface area (Å²) in [6.45, 7) is 1.85. The molecule has 0 saturated carbocycles. The van der Waals surface area contributed by atoms with E-state index in [1.165, 1.54) is 0 Å². The first-order valence-electron chi connectivity index (χ1n) is 8.35. The number of carbonyl (C=O) groups excluding carboxylic acids is 2. The van der Waals surface area contributed by atoms with E-state index in [-0.39, 0.29) is 17.7 Å². The van der Waals surface area contributed by atoms with Gasteiger partial charge in [0.1, 0.15) is 0 Å². The van der Waals surface area contributed by atoms with Gasteiger partial charge >= 0.3 is 0 Å². The molecule has 2 aromatic carbocycles. The van der Waals surface area contributed by atoms with Crippen molar-refractivity contribution in [2.24, 2.45) is 5.92 Å². The normalized spacial score (nSPS) is 15.5. The molecule has 0 bridgehead atoms. The van der Waals surface area contributed by atoms with E-state index >= 15 is 0 Å². The standard InChI is InChI=1S/C19H22N2O2S/c22-18(20-9-12-24)15-7-10-21(11-8-15)19(23)17-6-5-14-3-1-2-4-16(14)13-17/h1-6,13,15,24H,7-12H2,(H,20,22). The minimum Gasteiger partial charge on any atom is -0.355 e. The Kier molecular flexibility index (Phi) is 5.41. The number of fused-ring (bicyclic) bond motifs is 1. The fourth-order valence-electron chi connectivity index (χ4n) is 3.17. The molecule has 1 aliphatic rings. The van der Waals surface area contributed by atoms with Gasteiger partial charge in [0.2, 0.25) is 5.91 Å². The minimum absolute atomic E-state index is 0.00513. The number of amides is 2. The maximum atomic E-state index is 12.7. The summed E-state index contributed by atoms with van der Waals surface area (Å²) in [4.78, 5) is 26.6. The molecule has 1 fully saturated rings. The van der Waals surface area contributed by atoms with Gasteiger partial charge in [0, 0.05) is 36.9 Å². The van der Waals surface area contributed by atoms with E-state index in [2.05, 4.69) is 17.9 Å². The number of nitrogens with one attached hydrogen (secondary N) is 1. The lowest BCUT2D eigenvalue weighted by molar-refractivity contribution is -0.126. The number of rotatable bonds is 4. The van der Waals surface area contributed by atoms with E-state index in [4.69, 9.17) is 0 Å². The van der Waals surface area contributed by atoms with Crippen LogP contribution >= 0.6 is 12.6 Å². The lowest BCUT2D eigenvalue weighted by Gasteiger charge is -2.31. The highest BCUT2D eigenvalue weighted by molar-refractivity contribution is 7.80. The van der Waals surface area contributed by atoms with E-state index in [1.807, 2.05) is 47.4 Å². The van der Waals surface area contributed by atoms with Crippen molar-refractivity contribution < 1.29 is 9.59 Å². The first-order chi connectivity index (χ1) is 11.7. The monoisotopic (exact) mass is 342 g/mol. The van der Waals surface area contributed by atoms with Crippen LogP contribution in [0.15, 0.2) is 42.5 Å². The predicted octanol–water partition coefficient (Wildman–Crippen LogP) is 2.74. The quantitative estimate of drug-likeness (QED) is 0.840. The summed E-state index contributed by atoms with van der Waals surface area (Å²) in [6, 6.07) is 13.8. The highest BCUT2D eigenvalue weighted by atomic mass is 32.1. The predicted molar refractivity (Wildman–Crippen MR) is 99.4 cm³/mol. The first-order valence-corrected chi connectivity index (χ1v) is 8.99. The maximum absolute atomic E-state index is 12.7. The number of piperidine rings is 1. The van der Waals surface area contributed by atoms with Gasteiger partial charge in [0.05, 0.1) is 0 Å². The molecule has 0 unspecified atom stereocenters. The molecule has 5 heteroatoms. The third-order valence-electron chi connectivity index (χ3n) is 4.56. The Hall–Kier alpha value is -2.01. The topological polar surface area (TPSA) is 49.4 Å². The molecule has 1 N–H and O–H groups in total. The lowest BCUT2D eigenvalue weighted by atomic mass is 9.95. The number of hydrogen-bond acceptors (Lipinski definition) is 3.